The van der Waals surface area contributed by atoms with Gasteiger partial charge in [0, 0.05) is 13.6 Å². The third-order valence-electron chi connectivity index (χ3n) is 3.23. The zero-order valence-electron chi connectivity index (χ0n) is 11.5. The molecule has 0 fully saturated rings. The molecule has 1 aromatic heterocycles. The zero-order chi connectivity index (χ0) is 14.8. The fourth-order valence-electron chi connectivity index (χ4n) is 2.12. The van der Waals surface area contributed by atoms with E-state index in [-0.39, 0.29) is 5.56 Å². The molecule has 3 rings (SSSR count). The van der Waals surface area contributed by atoms with Gasteiger partial charge in [-0.05, 0) is 29.8 Å². The third kappa shape index (κ3) is 2.72. The topological polar surface area (TPSA) is 66.6 Å². The minimum atomic E-state index is -0.922. The quantitative estimate of drug-likeness (QED) is 0.796. The number of benzene rings is 2. The summed E-state index contributed by atoms with van der Waals surface area (Å²) in [7, 11) is 1.88. The highest BCUT2D eigenvalue weighted by atomic mass is 16.4. The summed E-state index contributed by atoms with van der Waals surface area (Å²) in [6, 6.07) is 14.9. The van der Waals surface area contributed by atoms with Crippen LogP contribution in [0.3, 0.4) is 0 Å². The summed E-state index contributed by atoms with van der Waals surface area (Å²) in [6.07, 6.45) is 0. The van der Waals surface area contributed by atoms with Crippen molar-refractivity contribution >= 4 is 23.1 Å². The van der Waals surface area contributed by atoms with Crippen LogP contribution in [0.4, 0.5) is 6.01 Å². The van der Waals surface area contributed by atoms with Gasteiger partial charge in [0.2, 0.25) is 0 Å². The van der Waals surface area contributed by atoms with Gasteiger partial charge in [-0.2, -0.15) is 4.98 Å². The van der Waals surface area contributed by atoms with E-state index >= 15 is 0 Å². The number of aromatic nitrogens is 1. The number of para-hydroxylation sites is 2. The molecule has 1 N–H and O–H groups in total. The summed E-state index contributed by atoms with van der Waals surface area (Å²) in [5, 5.41) is 8.88. The molecule has 0 bridgehead atoms. The maximum absolute atomic E-state index is 10.8. The Kier molecular flexibility index (Phi) is 3.31. The standard InChI is InChI=1S/C16H14N2O3/c1-18(10-11-6-8-12(9-7-11)15(19)20)16-17-13-4-2-3-5-14(13)21-16/h2-9H,10H2,1H3,(H,19,20). The van der Waals surface area contributed by atoms with E-state index in [0.717, 1.165) is 16.7 Å². The summed E-state index contributed by atoms with van der Waals surface area (Å²) in [5.74, 6) is -0.922. The largest absolute Gasteiger partial charge is 0.478 e. The van der Waals surface area contributed by atoms with Gasteiger partial charge in [0.05, 0.1) is 5.56 Å². The zero-order valence-corrected chi connectivity index (χ0v) is 11.5. The first kappa shape index (κ1) is 13.2. The predicted molar refractivity (Wildman–Crippen MR) is 79.5 cm³/mol. The summed E-state index contributed by atoms with van der Waals surface area (Å²) in [6.45, 7) is 0.590. The highest BCUT2D eigenvalue weighted by Gasteiger charge is 2.10. The number of carbonyl (C=O) groups is 1. The summed E-state index contributed by atoms with van der Waals surface area (Å²) in [4.78, 5) is 17.1. The Bertz CT molecular complexity index is 745. The van der Waals surface area contributed by atoms with Gasteiger partial charge >= 0.3 is 5.97 Å². The first-order valence-corrected chi connectivity index (χ1v) is 6.52. The fourth-order valence-corrected chi connectivity index (χ4v) is 2.12. The molecule has 5 nitrogen and oxygen atoms in total. The Morgan fingerprint density at radius 2 is 1.90 bits per heavy atom. The van der Waals surface area contributed by atoms with Crippen LogP contribution in [0.15, 0.2) is 52.9 Å². The van der Waals surface area contributed by atoms with E-state index in [2.05, 4.69) is 4.98 Å². The lowest BCUT2D eigenvalue weighted by molar-refractivity contribution is 0.0697. The van der Waals surface area contributed by atoms with Gasteiger partial charge in [0.1, 0.15) is 5.52 Å². The van der Waals surface area contributed by atoms with Gasteiger partial charge in [-0.1, -0.05) is 24.3 Å². The van der Waals surface area contributed by atoms with E-state index in [1.807, 2.05) is 36.2 Å². The van der Waals surface area contributed by atoms with Crippen molar-refractivity contribution in [1.82, 2.24) is 4.98 Å². The number of nitrogens with zero attached hydrogens (tertiary/aromatic N) is 2. The van der Waals surface area contributed by atoms with Crippen molar-refractivity contribution in [1.29, 1.82) is 0 Å². The second-order valence-electron chi connectivity index (χ2n) is 4.82. The van der Waals surface area contributed by atoms with Gasteiger partial charge < -0.3 is 14.4 Å². The maximum atomic E-state index is 10.8. The molecule has 0 aliphatic rings. The molecule has 3 aromatic rings. The third-order valence-corrected chi connectivity index (χ3v) is 3.23. The molecule has 5 heteroatoms. The molecule has 2 aromatic carbocycles. The van der Waals surface area contributed by atoms with Crippen molar-refractivity contribution in [2.24, 2.45) is 0 Å². The Labute approximate surface area is 121 Å². The van der Waals surface area contributed by atoms with Gasteiger partial charge in [-0.3, -0.25) is 0 Å². The number of aromatic carboxylic acids is 1. The first-order valence-electron chi connectivity index (χ1n) is 6.52. The van der Waals surface area contributed by atoms with Crippen molar-refractivity contribution < 1.29 is 14.3 Å². The number of carboxylic acids is 1. The van der Waals surface area contributed by atoms with Gasteiger partial charge in [-0.25, -0.2) is 4.79 Å². The lowest BCUT2D eigenvalue weighted by Crippen LogP contribution is -2.16. The van der Waals surface area contributed by atoms with Gasteiger partial charge in [0.15, 0.2) is 5.58 Å². The molecule has 0 aliphatic heterocycles. The fraction of sp³-hybridized carbons (Fsp3) is 0.125. The highest BCUT2D eigenvalue weighted by molar-refractivity contribution is 5.87. The number of oxazole rings is 1. The Hall–Kier alpha value is -2.82. The van der Waals surface area contributed by atoms with Crippen molar-refractivity contribution in [3.05, 3.63) is 59.7 Å². The van der Waals surface area contributed by atoms with Gasteiger partial charge in [0.25, 0.3) is 6.01 Å². The van der Waals surface area contributed by atoms with Crippen LogP contribution in [0.5, 0.6) is 0 Å². The van der Waals surface area contributed by atoms with Crippen LogP contribution in [-0.4, -0.2) is 23.1 Å². The summed E-state index contributed by atoms with van der Waals surface area (Å²) >= 11 is 0. The van der Waals surface area contributed by atoms with Crippen molar-refractivity contribution in [2.45, 2.75) is 6.54 Å². The summed E-state index contributed by atoms with van der Waals surface area (Å²) < 4.78 is 5.68. The van der Waals surface area contributed by atoms with Crippen LogP contribution < -0.4 is 4.90 Å². The van der Waals surface area contributed by atoms with Crippen molar-refractivity contribution in [2.75, 3.05) is 11.9 Å². The van der Waals surface area contributed by atoms with Crippen LogP contribution in [-0.2, 0) is 6.54 Å². The monoisotopic (exact) mass is 282 g/mol. The molecule has 0 radical (unpaired) electrons. The number of anilines is 1. The molecule has 0 saturated heterocycles. The van der Waals surface area contributed by atoms with Crippen molar-refractivity contribution in [3.63, 3.8) is 0 Å². The second kappa shape index (κ2) is 5.28. The SMILES string of the molecule is CN(Cc1ccc(C(=O)O)cc1)c1nc2ccccc2o1. The number of hydrogen-bond acceptors (Lipinski definition) is 4. The number of hydrogen-bond donors (Lipinski definition) is 1. The smallest absolute Gasteiger partial charge is 0.335 e. The lowest BCUT2D eigenvalue weighted by atomic mass is 10.1. The van der Waals surface area contributed by atoms with E-state index in [4.69, 9.17) is 9.52 Å². The Morgan fingerprint density at radius 3 is 2.57 bits per heavy atom. The van der Waals surface area contributed by atoms with Gasteiger partial charge in [-0.15, -0.1) is 0 Å². The second-order valence-corrected chi connectivity index (χ2v) is 4.82. The number of fused-ring (bicyclic) bond motifs is 1. The molecule has 0 amide bonds. The molecule has 0 unspecified atom stereocenters. The average Bonchev–Trinajstić information content (AvgIpc) is 2.92. The molecular formula is C16H14N2O3. The van der Waals surface area contributed by atoms with Crippen LogP contribution in [0.25, 0.3) is 11.1 Å². The lowest BCUT2D eigenvalue weighted by Gasteiger charge is -2.14. The highest BCUT2D eigenvalue weighted by Crippen LogP contribution is 2.21. The van der Waals surface area contributed by atoms with E-state index in [0.29, 0.717) is 12.6 Å². The Morgan fingerprint density at radius 1 is 1.19 bits per heavy atom. The minimum Gasteiger partial charge on any atom is -0.478 e. The molecule has 21 heavy (non-hydrogen) atoms. The predicted octanol–water partition coefficient (Wildman–Crippen LogP) is 3.16. The Balaban J connectivity index is 1.78. The molecule has 1 heterocycles. The van der Waals surface area contributed by atoms with Crippen LogP contribution in [0.2, 0.25) is 0 Å². The van der Waals surface area contributed by atoms with Crippen molar-refractivity contribution in [3.8, 4) is 0 Å². The summed E-state index contributed by atoms with van der Waals surface area (Å²) in [5.41, 5.74) is 2.84. The van der Waals surface area contributed by atoms with Crippen LogP contribution >= 0.6 is 0 Å². The first-order chi connectivity index (χ1) is 10.1. The van der Waals surface area contributed by atoms with E-state index in [9.17, 15) is 4.79 Å². The maximum Gasteiger partial charge on any atom is 0.335 e. The molecule has 0 aliphatic carbocycles. The number of carboxylic acid groups (broad SMARTS) is 1. The molecule has 0 spiro atoms. The van der Waals surface area contributed by atoms with Crippen LogP contribution in [0, 0.1) is 0 Å². The molecular weight excluding hydrogens is 268 g/mol. The van der Waals surface area contributed by atoms with Crippen LogP contribution in [0.1, 0.15) is 15.9 Å². The van der Waals surface area contributed by atoms with E-state index in [1.165, 1.54) is 0 Å². The van der Waals surface area contributed by atoms with E-state index < -0.39 is 5.97 Å². The molecule has 106 valence electrons. The minimum absolute atomic E-state index is 0.281. The molecule has 0 atom stereocenters. The van der Waals surface area contributed by atoms with E-state index in [1.54, 1.807) is 24.3 Å². The number of rotatable bonds is 4. The molecule has 0 saturated carbocycles. The normalized spacial score (nSPS) is 10.7. The average molecular weight is 282 g/mol.